The Morgan fingerprint density at radius 3 is 2.58 bits per heavy atom. The highest BCUT2D eigenvalue weighted by molar-refractivity contribution is 5.69. The van der Waals surface area contributed by atoms with Gasteiger partial charge in [-0.25, -0.2) is 0 Å². The summed E-state index contributed by atoms with van der Waals surface area (Å²) in [5, 5.41) is 0. The highest BCUT2D eigenvalue weighted by Crippen LogP contribution is 2.47. The number of hydrogen-bond donors (Lipinski definition) is 0. The Balaban J connectivity index is 1.52. The quantitative estimate of drug-likeness (QED) is 0.554. The number of rotatable bonds is 4. The van der Waals surface area contributed by atoms with Gasteiger partial charge >= 0.3 is 5.97 Å². The highest BCUT2D eigenvalue weighted by atomic mass is 16.8. The van der Waals surface area contributed by atoms with Crippen LogP contribution in [0, 0.1) is 0 Å². The van der Waals surface area contributed by atoms with Crippen LogP contribution in [0.3, 0.4) is 0 Å². The molecule has 7 nitrogen and oxygen atoms in total. The van der Waals surface area contributed by atoms with Crippen LogP contribution < -0.4 is 0 Å². The molecule has 3 aliphatic heterocycles. The number of carbonyl (C=O) groups excluding carboxylic acids is 2. The van der Waals surface area contributed by atoms with Crippen LogP contribution in [0.5, 0.6) is 0 Å². The first kappa shape index (κ1) is 18.3. The summed E-state index contributed by atoms with van der Waals surface area (Å²) in [5.74, 6) is -0.834. The minimum atomic E-state index is -0.564. The van der Waals surface area contributed by atoms with Crippen LogP contribution >= 0.6 is 0 Å². The molecule has 0 aromatic heterocycles. The zero-order chi connectivity index (χ0) is 18.1. The lowest BCUT2D eigenvalue weighted by molar-refractivity contribution is -0.240. The SMILES string of the molecule is COC(=O)CC1CCC2OC(CC=O)C3OC4(CCCCC4)OC3C2O1. The Labute approximate surface area is 153 Å². The molecule has 0 bridgehead atoms. The molecule has 0 N–H and O–H groups in total. The first-order valence-electron chi connectivity index (χ1n) is 9.81. The zero-order valence-electron chi connectivity index (χ0n) is 15.3. The maximum Gasteiger partial charge on any atom is 0.308 e. The third kappa shape index (κ3) is 3.42. The Morgan fingerprint density at radius 1 is 1.08 bits per heavy atom. The molecule has 3 saturated heterocycles. The third-order valence-corrected chi connectivity index (χ3v) is 6.12. The summed E-state index contributed by atoms with van der Waals surface area (Å²) in [6.45, 7) is 0. The lowest BCUT2D eigenvalue weighted by Gasteiger charge is -2.46. The normalized spacial score (nSPS) is 41.3. The van der Waals surface area contributed by atoms with E-state index >= 15 is 0 Å². The number of ether oxygens (including phenoxy) is 5. The second-order valence-electron chi connectivity index (χ2n) is 7.83. The molecule has 146 valence electrons. The maximum absolute atomic E-state index is 11.6. The number of esters is 1. The fourth-order valence-corrected chi connectivity index (χ4v) is 4.86. The molecule has 6 atom stereocenters. The van der Waals surface area contributed by atoms with E-state index in [9.17, 15) is 9.59 Å². The Hall–Kier alpha value is -1.02. The standard InChI is InChI=1S/C19H28O7/c1-22-15(21)11-12-5-6-13-16(23-12)18-17(14(24-13)7-10-20)25-19(26-18)8-3-2-4-9-19/h10,12-14,16-18H,2-9,11H2,1H3. The van der Waals surface area contributed by atoms with Crippen LogP contribution in [-0.2, 0) is 33.3 Å². The molecule has 4 rings (SSSR count). The fourth-order valence-electron chi connectivity index (χ4n) is 4.86. The van der Waals surface area contributed by atoms with E-state index in [4.69, 9.17) is 23.7 Å². The van der Waals surface area contributed by atoms with Crippen molar-refractivity contribution in [2.45, 2.75) is 100 Å². The van der Waals surface area contributed by atoms with E-state index in [1.165, 1.54) is 13.5 Å². The summed E-state index contributed by atoms with van der Waals surface area (Å²) in [6, 6.07) is 0. The molecule has 0 amide bonds. The van der Waals surface area contributed by atoms with Gasteiger partial charge in [0.25, 0.3) is 0 Å². The Kier molecular flexibility index (Phi) is 5.32. The summed E-state index contributed by atoms with van der Waals surface area (Å²) < 4.78 is 30.0. The lowest BCUT2D eigenvalue weighted by Crippen LogP contribution is -2.59. The molecule has 26 heavy (non-hydrogen) atoms. The van der Waals surface area contributed by atoms with Gasteiger partial charge in [0.05, 0.1) is 31.8 Å². The zero-order valence-corrected chi connectivity index (χ0v) is 15.3. The van der Waals surface area contributed by atoms with E-state index in [1.807, 2.05) is 0 Å². The van der Waals surface area contributed by atoms with Crippen molar-refractivity contribution in [3.05, 3.63) is 0 Å². The molecule has 4 fully saturated rings. The molecule has 0 aromatic carbocycles. The minimum absolute atomic E-state index is 0.127. The van der Waals surface area contributed by atoms with Gasteiger partial charge in [-0.15, -0.1) is 0 Å². The summed E-state index contributed by atoms with van der Waals surface area (Å²) in [6.07, 6.45) is 6.61. The number of hydrogen-bond acceptors (Lipinski definition) is 7. The van der Waals surface area contributed by atoms with Crippen LogP contribution in [0.15, 0.2) is 0 Å². The first-order chi connectivity index (χ1) is 12.6. The van der Waals surface area contributed by atoms with E-state index in [2.05, 4.69) is 0 Å². The average molecular weight is 368 g/mol. The number of aldehydes is 1. The van der Waals surface area contributed by atoms with Crippen molar-refractivity contribution < 1.29 is 33.3 Å². The molecule has 6 unspecified atom stereocenters. The van der Waals surface area contributed by atoms with Crippen molar-refractivity contribution >= 4 is 12.3 Å². The predicted octanol–water partition coefficient (Wildman–Crippen LogP) is 1.90. The lowest BCUT2D eigenvalue weighted by atomic mass is 9.88. The molecular formula is C19H28O7. The van der Waals surface area contributed by atoms with Crippen molar-refractivity contribution in [1.29, 1.82) is 0 Å². The van der Waals surface area contributed by atoms with E-state index < -0.39 is 5.79 Å². The van der Waals surface area contributed by atoms with Gasteiger partial charge in [-0.05, 0) is 25.7 Å². The van der Waals surface area contributed by atoms with E-state index in [-0.39, 0.29) is 49.0 Å². The molecule has 7 heteroatoms. The first-order valence-corrected chi connectivity index (χ1v) is 9.81. The molecule has 1 aliphatic carbocycles. The van der Waals surface area contributed by atoms with Gasteiger partial charge in [0.15, 0.2) is 5.79 Å². The minimum Gasteiger partial charge on any atom is -0.469 e. The van der Waals surface area contributed by atoms with Crippen molar-refractivity contribution in [3.63, 3.8) is 0 Å². The smallest absolute Gasteiger partial charge is 0.308 e. The van der Waals surface area contributed by atoms with Gasteiger partial charge in [-0.1, -0.05) is 6.42 Å². The number of methoxy groups -OCH3 is 1. The Morgan fingerprint density at radius 2 is 1.85 bits per heavy atom. The second-order valence-corrected chi connectivity index (χ2v) is 7.83. The number of carbonyl (C=O) groups is 2. The van der Waals surface area contributed by atoms with Gasteiger partial charge in [-0.3, -0.25) is 4.79 Å². The van der Waals surface area contributed by atoms with Gasteiger partial charge in [-0.2, -0.15) is 0 Å². The second kappa shape index (κ2) is 7.54. The molecule has 0 aromatic rings. The van der Waals surface area contributed by atoms with Crippen LogP contribution in [0.2, 0.25) is 0 Å². The molecule has 3 heterocycles. The van der Waals surface area contributed by atoms with Gasteiger partial charge in [0, 0.05) is 19.3 Å². The average Bonchev–Trinajstić information content (AvgIpc) is 3.02. The molecular weight excluding hydrogens is 340 g/mol. The number of fused-ring (bicyclic) bond motifs is 3. The van der Waals surface area contributed by atoms with Gasteiger partial charge in [0.2, 0.25) is 0 Å². The third-order valence-electron chi connectivity index (χ3n) is 6.12. The topological polar surface area (TPSA) is 80.3 Å². The van der Waals surface area contributed by atoms with Gasteiger partial charge < -0.3 is 28.5 Å². The van der Waals surface area contributed by atoms with Crippen molar-refractivity contribution in [2.75, 3.05) is 7.11 Å². The van der Waals surface area contributed by atoms with E-state index in [0.29, 0.717) is 6.42 Å². The summed E-state index contributed by atoms with van der Waals surface area (Å²) in [5.41, 5.74) is 0. The molecule has 0 radical (unpaired) electrons. The monoisotopic (exact) mass is 368 g/mol. The van der Waals surface area contributed by atoms with Gasteiger partial charge in [0.1, 0.15) is 24.6 Å². The largest absolute Gasteiger partial charge is 0.469 e. The molecule has 1 saturated carbocycles. The van der Waals surface area contributed by atoms with Crippen LogP contribution in [0.1, 0.15) is 57.8 Å². The maximum atomic E-state index is 11.6. The van der Waals surface area contributed by atoms with Crippen LogP contribution in [-0.4, -0.2) is 61.8 Å². The fraction of sp³-hybridized carbons (Fsp3) is 0.895. The predicted molar refractivity (Wildman–Crippen MR) is 89.4 cm³/mol. The van der Waals surface area contributed by atoms with Crippen LogP contribution in [0.25, 0.3) is 0 Å². The van der Waals surface area contributed by atoms with Crippen molar-refractivity contribution in [1.82, 2.24) is 0 Å². The highest BCUT2D eigenvalue weighted by Gasteiger charge is 2.59. The summed E-state index contributed by atoms with van der Waals surface area (Å²) in [4.78, 5) is 22.8. The van der Waals surface area contributed by atoms with E-state index in [1.54, 1.807) is 0 Å². The molecule has 4 aliphatic rings. The Bertz CT molecular complexity index is 530. The van der Waals surface area contributed by atoms with E-state index in [0.717, 1.165) is 44.8 Å². The van der Waals surface area contributed by atoms with Crippen LogP contribution in [0.4, 0.5) is 0 Å². The summed E-state index contributed by atoms with van der Waals surface area (Å²) >= 11 is 0. The molecule has 1 spiro atoms. The summed E-state index contributed by atoms with van der Waals surface area (Å²) in [7, 11) is 1.39. The van der Waals surface area contributed by atoms with Crippen molar-refractivity contribution in [3.8, 4) is 0 Å². The van der Waals surface area contributed by atoms with Crippen molar-refractivity contribution in [2.24, 2.45) is 0 Å².